The Morgan fingerprint density at radius 2 is 1.24 bits per heavy atom. The van der Waals surface area contributed by atoms with Crippen LogP contribution >= 0.6 is 22.6 Å². The van der Waals surface area contributed by atoms with Gasteiger partial charge >= 0.3 is 6.03 Å². The molecule has 8 nitrogen and oxygen atoms in total. The molecule has 3 aromatic rings. The van der Waals surface area contributed by atoms with E-state index in [1.807, 2.05) is 12.1 Å². The predicted molar refractivity (Wildman–Crippen MR) is 152 cm³/mol. The van der Waals surface area contributed by atoms with Crippen molar-refractivity contribution >= 4 is 51.7 Å². The average molecular weight is 612 g/mol. The monoisotopic (exact) mass is 612 g/mol. The fourth-order valence-corrected chi connectivity index (χ4v) is 4.41. The van der Waals surface area contributed by atoms with E-state index in [-0.39, 0.29) is 24.3 Å². The topological polar surface area (TPSA) is 102 Å². The Kier molecular flexibility index (Phi) is 9.26. The van der Waals surface area contributed by atoms with Gasteiger partial charge in [0.25, 0.3) is 5.91 Å². The molecule has 0 unspecified atom stereocenters. The zero-order chi connectivity index (χ0) is 26.2. The van der Waals surface area contributed by atoms with Crippen molar-refractivity contribution < 1.29 is 19.5 Å². The molecule has 0 bridgehead atoms. The highest BCUT2D eigenvalue weighted by Crippen LogP contribution is 2.18. The molecule has 1 heterocycles. The van der Waals surface area contributed by atoms with Crippen LogP contribution in [0, 0.1) is 3.57 Å². The summed E-state index contributed by atoms with van der Waals surface area (Å²) >= 11 is 2.19. The van der Waals surface area contributed by atoms with Crippen molar-refractivity contribution in [3.05, 3.63) is 93.1 Å². The van der Waals surface area contributed by atoms with Gasteiger partial charge in [0.2, 0.25) is 0 Å². The lowest BCUT2D eigenvalue weighted by Crippen LogP contribution is -2.50. The van der Waals surface area contributed by atoms with Gasteiger partial charge in [-0.15, -0.1) is 0 Å². The zero-order valence-electron chi connectivity index (χ0n) is 20.3. The van der Waals surface area contributed by atoms with E-state index in [1.165, 1.54) is 0 Å². The number of ketones is 1. The van der Waals surface area contributed by atoms with Gasteiger partial charge in [-0.2, -0.15) is 0 Å². The quantitative estimate of drug-likeness (QED) is 0.260. The van der Waals surface area contributed by atoms with E-state index < -0.39 is 0 Å². The molecule has 0 atom stereocenters. The van der Waals surface area contributed by atoms with Crippen LogP contribution in [0.3, 0.4) is 0 Å². The van der Waals surface area contributed by atoms with Gasteiger partial charge in [0.1, 0.15) is 0 Å². The number of carbonyl (C=O) groups is 3. The van der Waals surface area contributed by atoms with E-state index in [2.05, 4.69) is 38.1 Å². The number of rotatable bonds is 8. The fourth-order valence-electron chi connectivity index (χ4n) is 4.05. The number of anilines is 2. The molecule has 192 valence electrons. The number of aliphatic hydroxyl groups is 1. The average Bonchev–Trinajstić information content (AvgIpc) is 2.93. The number of aliphatic hydroxyl groups excluding tert-OH is 1. The molecule has 3 amide bonds. The minimum absolute atomic E-state index is 0.146. The second kappa shape index (κ2) is 12.8. The molecule has 0 radical (unpaired) electrons. The van der Waals surface area contributed by atoms with Gasteiger partial charge in [0.15, 0.2) is 5.78 Å². The first kappa shape index (κ1) is 26.8. The fraction of sp³-hybridized carbons (Fsp3) is 0.250. The maximum Gasteiger partial charge on any atom is 0.321 e. The molecule has 3 aromatic carbocycles. The largest absolute Gasteiger partial charge is 0.396 e. The smallest absolute Gasteiger partial charge is 0.321 e. The zero-order valence-corrected chi connectivity index (χ0v) is 22.5. The van der Waals surface area contributed by atoms with Gasteiger partial charge < -0.3 is 20.6 Å². The first-order chi connectivity index (χ1) is 17.9. The van der Waals surface area contributed by atoms with Crippen LogP contribution < -0.4 is 10.6 Å². The number of amides is 3. The summed E-state index contributed by atoms with van der Waals surface area (Å²) in [5, 5.41) is 14.7. The van der Waals surface area contributed by atoms with E-state index in [1.54, 1.807) is 65.6 Å². The molecule has 1 aliphatic rings. The molecule has 1 fully saturated rings. The third-order valence-electron chi connectivity index (χ3n) is 6.20. The van der Waals surface area contributed by atoms with Crippen LogP contribution in [-0.2, 0) is 0 Å². The molecule has 0 spiro atoms. The molecule has 37 heavy (non-hydrogen) atoms. The summed E-state index contributed by atoms with van der Waals surface area (Å²) < 4.78 is 1.05. The van der Waals surface area contributed by atoms with Crippen molar-refractivity contribution in [1.82, 2.24) is 9.80 Å². The summed E-state index contributed by atoms with van der Waals surface area (Å²) in [5.41, 5.74) is 2.80. The number of carbonyl (C=O) groups excluding carboxylic acids is 3. The lowest BCUT2D eigenvalue weighted by molar-refractivity contribution is 0.102. The Balaban J connectivity index is 1.29. The number of urea groups is 1. The molecule has 3 N–H and O–H groups in total. The molecule has 1 aliphatic heterocycles. The summed E-state index contributed by atoms with van der Waals surface area (Å²) in [6, 6.07) is 20.7. The second-order valence-electron chi connectivity index (χ2n) is 8.78. The van der Waals surface area contributed by atoms with Crippen LogP contribution in [-0.4, -0.2) is 72.0 Å². The van der Waals surface area contributed by atoms with Crippen molar-refractivity contribution in [2.75, 3.05) is 50.0 Å². The standard InChI is InChI=1S/C28H29IN4O4/c29-23-8-2-22(3-9-23)27(36)30-24-10-4-20(5-11-24)26(35)21-6-12-25(13-7-21)31-28(37)33-17-15-32(16-18-33)14-1-19-34/h2-13,34H,1,14-19H2,(H,30,36)(H,31,37). The predicted octanol–water partition coefficient (Wildman–Crippen LogP) is 4.31. The maximum absolute atomic E-state index is 12.9. The highest BCUT2D eigenvalue weighted by Gasteiger charge is 2.21. The second-order valence-corrected chi connectivity index (χ2v) is 10.0. The minimum Gasteiger partial charge on any atom is -0.396 e. The van der Waals surface area contributed by atoms with Gasteiger partial charge in [-0.3, -0.25) is 14.5 Å². The van der Waals surface area contributed by atoms with Crippen LogP contribution in [0.1, 0.15) is 32.7 Å². The molecule has 0 aliphatic carbocycles. The lowest BCUT2D eigenvalue weighted by atomic mass is 10.0. The Hall–Kier alpha value is -3.28. The van der Waals surface area contributed by atoms with E-state index in [0.29, 0.717) is 41.2 Å². The van der Waals surface area contributed by atoms with Crippen LogP contribution in [0.2, 0.25) is 0 Å². The Bertz CT molecular complexity index is 1220. The van der Waals surface area contributed by atoms with Crippen molar-refractivity contribution in [2.45, 2.75) is 6.42 Å². The first-order valence-electron chi connectivity index (χ1n) is 12.1. The van der Waals surface area contributed by atoms with E-state index in [0.717, 1.165) is 29.6 Å². The molecule has 4 rings (SSSR count). The molecular formula is C28H29IN4O4. The van der Waals surface area contributed by atoms with E-state index in [9.17, 15) is 14.4 Å². The third kappa shape index (κ3) is 7.37. The summed E-state index contributed by atoms with van der Waals surface area (Å²) in [6.45, 7) is 3.86. The van der Waals surface area contributed by atoms with E-state index >= 15 is 0 Å². The first-order valence-corrected chi connectivity index (χ1v) is 13.2. The molecule has 1 saturated heterocycles. The maximum atomic E-state index is 12.9. The van der Waals surface area contributed by atoms with Gasteiger partial charge in [-0.25, -0.2) is 4.79 Å². The summed E-state index contributed by atoms with van der Waals surface area (Å²) in [5.74, 6) is -0.357. The number of halogens is 1. The molecule has 0 aromatic heterocycles. The van der Waals surface area contributed by atoms with Crippen LogP contribution in [0.5, 0.6) is 0 Å². The number of hydrogen-bond donors (Lipinski definition) is 3. The van der Waals surface area contributed by atoms with Gasteiger partial charge in [0.05, 0.1) is 0 Å². The Labute approximate surface area is 229 Å². The number of nitrogens with one attached hydrogen (secondary N) is 2. The van der Waals surface area contributed by atoms with Crippen LogP contribution in [0.15, 0.2) is 72.8 Å². The molecule has 9 heteroatoms. The van der Waals surface area contributed by atoms with Crippen molar-refractivity contribution in [2.24, 2.45) is 0 Å². The van der Waals surface area contributed by atoms with Crippen molar-refractivity contribution in [1.29, 1.82) is 0 Å². The summed E-state index contributed by atoms with van der Waals surface area (Å²) in [6.07, 6.45) is 0.742. The van der Waals surface area contributed by atoms with Crippen LogP contribution in [0.4, 0.5) is 16.2 Å². The molecule has 0 saturated carbocycles. The Morgan fingerprint density at radius 3 is 1.78 bits per heavy atom. The van der Waals surface area contributed by atoms with Gasteiger partial charge in [-0.05, 0) is 102 Å². The number of piperazine rings is 1. The number of hydrogen-bond acceptors (Lipinski definition) is 5. The highest BCUT2D eigenvalue weighted by molar-refractivity contribution is 14.1. The van der Waals surface area contributed by atoms with Crippen molar-refractivity contribution in [3.8, 4) is 0 Å². The van der Waals surface area contributed by atoms with Gasteiger partial charge in [0, 0.05) is 71.0 Å². The minimum atomic E-state index is -0.211. The Morgan fingerprint density at radius 1 is 0.730 bits per heavy atom. The SMILES string of the molecule is O=C(Nc1ccc(C(=O)c2ccc(NC(=O)N3CCN(CCCO)CC3)cc2)cc1)c1ccc(I)cc1. The number of benzene rings is 3. The molecular weight excluding hydrogens is 583 g/mol. The van der Waals surface area contributed by atoms with Crippen molar-refractivity contribution in [3.63, 3.8) is 0 Å². The normalized spacial score (nSPS) is 13.7. The summed E-state index contributed by atoms with van der Waals surface area (Å²) in [4.78, 5) is 41.9. The highest BCUT2D eigenvalue weighted by atomic mass is 127. The lowest BCUT2D eigenvalue weighted by Gasteiger charge is -2.34. The van der Waals surface area contributed by atoms with E-state index in [4.69, 9.17) is 5.11 Å². The van der Waals surface area contributed by atoms with Gasteiger partial charge in [-0.1, -0.05) is 0 Å². The summed E-state index contributed by atoms with van der Waals surface area (Å²) in [7, 11) is 0. The third-order valence-corrected chi connectivity index (χ3v) is 6.92. The van der Waals surface area contributed by atoms with Crippen LogP contribution in [0.25, 0.3) is 0 Å². The number of nitrogens with zero attached hydrogens (tertiary/aromatic N) is 2.